The molecule has 0 fully saturated rings. The first-order chi connectivity index (χ1) is 14.3. The largest absolute Gasteiger partial charge is 0.0683 e. The van der Waals surface area contributed by atoms with E-state index in [-0.39, 0.29) is 0 Å². The van der Waals surface area contributed by atoms with Crippen molar-refractivity contribution in [3.8, 4) is 0 Å². The molecule has 0 heterocycles. The van der Waals surface area contributed by atoms with Crippen LogP contribution in [0.25, 0.3) is 23.3 Å². The van der Waals surface area contributed by atoms with Gasteiger partial charge >= 0.3 is 0 Å². The van der Waals surface area contributed by atoms with Gasteiger partial charge in [0.2, 0.25) is 0 Å². The topological polar surface area (TPSA) is 0 Å². The van der Waals surface area contributed by atoms with Gasteiger partial charge < -0.3 is 0 Å². The number of benzene rings is 3. The van der Waals surface area contributed by atoms with Crippen molar-refractivity contribution < 1.29 is 1.37 Å². The van der Waals surface area contributed by atoms with Gasteiger partial charge in [-0.2, -0.15) is 0 Å². The van der Waals surface area contributed by atoms with E-state index in [9.17, 15) is 0 Å². The third-order valence-corrected chi connectivity index (χ3v) is 5.06. The summed E-state index contributed by atoms with van der Waals surface area (Å²) in [6, 6.07) is 23.9. The van der Waals surface area contributed by atoms with Crippen molar-refractivity contribution in [2.24, 2.45) is 0 Å². The Morgan fingerprint density at radius 2 is 1.04 bits per heavy atom. The Kier molecular flexibility index (Phi) is 6.19. The highest BCUT2D eigenvalue weighted by atomic mass is 14.2. The quantitative estimate of drug-likeness (QED) is 0.431. The summed E-state index contributed by atoms with van der Waals surface area (Å²) in [5.74, 6) is 0. The second kappa shape index (κ2) is 9.37. The lowest BCUT2D eigenvalue weighted by atomic mass is 9.97. The summed E-state index contributed by atoms with van der Waals surface area (Å²) in [4.78, 5) is 0. The molecule has 142 valence electrons. The minimum atomic E-state index is 0.584. The number of rotatable bonds is 2. The normalized spacial score (nSPS) is 13.6. The molecule has 0 spiro atoms. The Bertz CT molecular complexity index is 972. The molecule has 3 aromatic carbocycles. The van der Waals surface area contributed by atoms with Crippen LogP contribution in [0.3, 0.4) is 0 Å². The van der Waals surface area contributed by atoms with Gasteiger partial charge in [0.25, 0.3) is 0 Å². The maximum Gasteiger partial charge on any atom is 0.0623 e. The van der Waals surface area contributed by atoms with Crippen molar-refractivity contribution in [1.82, 2.24) is 0 Å². The summed E-state index contributed by atoms with van der Waals surface area (Å²) < 4.78 is 8.27. The van der Waals surface area contributed by atoms with Gasteiger partial charge in [-0.3, -0.25) is 0 Å². The smallest absolute Gasteiger partial charge is 0.0623 e. The van der Waals surface area contributed by atoms with E-state index in [1.165, 1.54) is 44.5 Å². The second-order valence-corrected chi connectivity index (χ2v) is 6.60. The number of fused-ring (bicyclic) bond motifs is 2. The molecule has 0 bridgehead atoms. The Balaban J connectivity index is 0.000000568. The standard InChI is InChI=1S/C24H18.2C2H6/c1-2-7-18-14-23(13-17(18)6-1)21-10-5-11-22(12-21)24-15-19-8-3-4-9-20(19)16-24;2*1-2/h1-13,15H,14,16H2;2*1-2H3/i5D;;. The van der Waals surface area contributed by atoms with Crippen molar-refractivity contribution in [2.75, 3.05) is 0 Å². The van der Waals surface area contributed by atoms with Crippen molar-refractivity contribution >= 4 is 23.3 Å². The summed E-state index contributed by atoms with van der Waals surface area (Å²) in [7, 11) is 0. The zero-order valence-electron chi connectivity index (χ0n) is 18.4. The lowest BCUT2D eigenvalue weighted by Crippen LogP contribution is -1.90. The number of hydrogen-bond donors (Lipinski definition) is 0. The van der Waals surface area contributed by atoms with Crippen LogP contribution in [0.5, 0.6) is 0 Å². The van der Waals surface area contributed by atoms with Crippen LogP contribution in [0.4, 0.5) is 0 Å². The maximum absolute atomic E-state index is 8.27. The average Bonchev–Trinajstić information content (AvgIpc) is 3.40. The van der Waals surface area contributed by atoms with Gasteiger partial charge in [-0.15, -0.1) is 0 Å². The number of allylic oxidation sites excluding steroid dienone is 2. The molecule has 0 aromatic heterocycles. The van der Waals surface area contributed by atoms with Crippen LogP contribution in [0.1, 0.15) is 62.4 Å². The Morgan fingerprint density at radius 1 is 0.607 bits per heavy atom. The van der Waals surface area contributed by atoms with Gasteiger partial charge in [0.05, 0.1) is 1.37 Å². The zero-order valence-corrected chi connectivity index (χ0v) is 17.4. The zero-order chi connectivity index (χ0) is 20.8. The van der Waals surface area contributed by atoms with Gasteiger partial charge in [0.1, 0.15) is 0 Å². The molecule has 3 aromatic rings. The monoisotopic (exact) mass is 367 g/mol. The predicted octanol–water partition coefficient (Wildman–Crippen LogP) is 7.93. The lowest BCUT2D eigenvalue weighted by molar-refractivity contribution is 1.30. The van der Waals surface area contributed by atoms with E-state index in [0.717, 1.165) is 12.8 Å². The fourth-order valence-corrected chi connectivity index (χ4v) is 3.77. The van der Waals surface area contributed by atoms with E-state index >= 15 is 0 Å². The van der Waals surface area contributed by atoms with E-state index in [4.69, 9.17) is 1.37 Å². The van der Waals surface area contributed by atoms with E-state index < -0.39 is 0 Å². The third kappa shape index (κ3) is 4.02. The van der Waals surface area contributed by atoms with Crippen LogP contribution < -0.4 is 0 Å². The highest BCUT2D eigenvalue weighted by Crippen LogP contribution is 2.35. The molecule has 5 rings (SSSR count). The highest BCUT2D eigenvalue weighted by molar-refractivity contribution is 5.92. The lowest BCUT2D eigenvalue weighted by Gasteiger charge is -2.07. The van der Waals surface area contributed by atoms with Crippen molar-refractivity contribution in [1.29, 1.82) is 0 Å². The summed E-state index contributed by atoms with van der Waals surface area (Å²) in [6.07, 6.45) is 6.45. The molecular formula is C28H30. The molecule has 2 aliphatic carbocycles. The highest BCUT2D eigenvalue weighted by Gasteiger charge is 2.16. The van der Waals surface area contributed by atoms with Crippen LogP contribution in [0, 0.1) is 0 Å². The molecule has 0 radical (unpaired) electrons. The van der Waals surface area contributed by atoms with Gasteiger partial charge in [-0.05, 0) is 63.4 Å². The maximum atomic E-state index is 8.27. The van der Waals surface area contributed by atoms with Gasteiger partial charge in [-0.1, -0.05) is 107 Å². The molecule has 0 nitrogen and oxygen atoms in total. The fraction of sp³-hybridized carbons (Fsp3) is 0.214. The van der Waals surface area contributed by atoms with E-state index in [2.05, 4.69) is 66.7 Å². The SMILES string of the molecule is CC.CC.[2H]c1cc(C2=Cc3ccccc3C2)cc(C2=Cc3ccccc3C2)c1. The van der Waals surface area contributed by atoms with Crippen molar-refractivity contribution in [3.05, 3.63) is 106 Å². The summed E-state index contributed by atoms with van der Waals surface area (Å²) in [5.41, 5.74) is 10.3. The molecule has 0 atom stereocenters. The fourth-order valence-electron chi connectivity index (χ4n) is 3.77. The van der Waals surface area contributed by atoms with Crippen molar-refractivity contribution in [3.63, 3.8) is 0 Å². The average molecular weight is 368 g/mol. The first kappa shape index (κ1) is 18.5. The summed E-state index contributed by atoms with van der Waals surface area (Å²) >= 11 is 0. The first-order valence-electron chi connectivity index (χ1n) is 11.0. The van der Waals surface area contributed by atoms with E-state index in [1.807, 2.05) is 39.8 Å². The molecular weight excluding hydrogens is 336 g/mol. The second-order valence-electron chi connectivity index (χ2n) is 6.60. The van der Waals surface area contributed by atoms with Gasteiger partial charge in [0.15, 0.2) is 0 Å². The van der Waals surface area contributed by atoms with Crippen LogP contribution >= 0.6 is 0 Å². The van der Waals surface area contributed by atoms with Crippen molar-refractivity contribution in [2.45, 2.75) is 40.5 Å². The van der Waals surface area contributed by atoms with Crippen LogP contribution in [0.15, 0.2) is 72.8 Å². The molecule has 0 amide bonds. The summed E-state index contributed by atoms with van der Waals surface area (Å²) in [6.45, 7) is 8.00. The summed E-state index contributed by atoms with van der Waals surface area (Å²) in [5, 5.41) is 0. The van der Waals surface area contributed by atoms with E-state index in [0.29, 0.717) is 6.04 Å². The molecule has 0 aliphatic heterocycles. The minimum Gasteiger partial charge on any atom is -0.0683 e. The molecule has 0 heteroatoms. The molecule has 28 heavy (non-hydrogen) atoms. The predicted molar refractivity (Wildman–Crippen MR) is 125 cm³/mol. The molecule has 0 N–H and O–H groups in total. The van der Waals surface area contributed by atoms with E-state index in [1.54, 1.807) is 0 Å². The Hall–Kier alpha value is -2.86. The first-order valence-corrected chi connectivity index (χ1v) is 10.5. The Labute approximate surface area is 171 Å². The van der Waals surface area contributed by atoms with Crippen LogP contribution in [-0.2, 0) is 12.8 Å². The van der Waals surface area contributed by atoms with Crippen LogP contribution in [0.2, 0.25) is 0 Å². The molecule has 0 saturated carbocycles. The number of hydrogen-bond acceptors (Lipinski definition) is 0. The third-order valence-electron chi connectivity index (χ3n) is 5.06. The molecule has 0 unspecified atom stereocenters. The minimum absolute atomic E-state index is 0.584. The molecule has 2 aliphatic rings. The Morgan fingerprint density at radius 3 is 1.46 bits per heavy atom. The molecule has 0 saturated heterocycles. The van der Waals surface area contributed by atoms with Gasteiger partial charge in [0, 0.05) is 0 Å². The van der Waals surface area contributed by atoms with Gasteiger partial charge in [-0.25, -0.2) is 0 Å². The van der Waals surface area contributed by atoms with Crippen LogP contribution in [-0.4, -0.2) is 0 Å².